The highest BCUT2D eigenvalue weighted by atomic mass is 33.7. The molecule has 6 nitrogen and oxygen atoms in total. The fourth-order valence-corrected chi connectivity index (χ4v) is 19.8. The van der Waals surface area contributed by atoms with Crippen molar-refractivity contribution in [2.75, 3.05) is 64.5 Å². The van der Waals surface area contributed by atoms with E-state index in [0.29, 0.717) is 25.8 Å². The first-order valence-electron chi connectivity index (χ1n) is 28.0. The maximum atomic E-state index is 6.27. The smallest absolute Gasteiger partial charge is 0.147 e. The van der Waals surface area contributed by atoms with Crippen LogP contribution in [0.4, 0.5) is 0 Å². The van der Waals surface area contributed by atoms with Crippen molar-refractivity contribution < 1.29 is 18.9 Å². The summed E-state index contributed by atoms with van der Waals surface area (Å²) in [7, 11) is 7.83. The number of hydrogen-bond donors (Lipinski definition) is 0. The standard InChI is InChI=1S/C52H108N2O4S4Si2/c1-5-7-9-11-13-15-17-19-21-23-25-27-29-43-55-47-57-51-35-33-49(3)63-53(41-37-51)39-31-45-59-61-62-60-46-32-40-54-42-38-52(36-34-50(4)64-54)58-48-56-44-30-28-26-24-22-20-18-16-14-12-10-8-6-2/h49-52H,5-48,63-64H2,1-4H3. The lowest BCUT2D eigenvalue weighted by molar-refractivity contribution is -0.0960. The fraction of sp³-hybridized carbons (Fsp3) is 1.00. The molecule has 0 spiro atoms. The highest BCUT2D eigenvalue weighted by Gasteiger charge is 2.21. The average molecular weight is 1010 g/mol. The third kappa shape index (κ3) is 40.3. The Hall–Kier alpha value is 1.59. The molecule has 0 aliphatic carbocycles. The zero-order valence-electron chi connectivity index (χ0n) is 43.0. The molecule has 0 N–H and O–H groups in total. The average Bonchev–Trinajstić information content (AvgIpc) is 3.28. The number of ether oxygens (including phenoxy) is 4. The Morgan fingerprint density at radius 3 is 1.08 bits per heavy atom. The monoisotopic (exact) mass is 1010 g/mol. The van der Waals surface area contributed by atoms with Crippen LogP contribution in [0.2, 0.25) is 11.1 Å². The highest BCUT2D eigenvalue weighted by Crippen LogP contribution is 2.43. The molecule has 0 aromatic rings. The van der Waals surface area contributed by atoms with Crippen LogP contribution in [0.15, 0.2) is 0 Å². The molecular weight excluding hydrogens is 901 g/mol. The zero-order valence-corrected chi connectivity index (χ0v) is 49.1. The summed E-state index contributed by atoms with van der Waals surface area (Å²) in [6, 6.07) is 0. The molecule has 2 saturated heterocycles. The predicted molar refractivity (Wildman–Crippen MR) is 299 cm³/mol. The first-order valence-corrected chi connectivity index (χ1v) is 36.1. The Morgan fingerprint density at radius 2 is 0.734 bits per heavy atom. The molecule has 0 saturated carbocycles. The molecule has 2 rings (SSSR count). The van der Waals surface area contributed by atoms with Gasteiger partial charge in [-0.2, -0.15) is 0 Å². The van der Waals surface area contributed by atoms with E-state index >= 15 is 0 Å². The van der Waals surface area contributed by atoms with Crippen molar-refractivity contribution in [1.29, 1.82) is 0 Å². The van der Waals surface area contributed by atoms with E-state index in [9.17, 15) is 0 Å². The molecule has 4 atom stereocenters. The van der Waals surface area contributed by atoms with Crippen LogP contribution in [0.25, 0.3) is 0 Å². The van der Waals surface area contributed by atoms with Gasteiger partial charge in [-0.15, -0.1) is 0 Å². The Balaban J connectivity index is 1.37. The summed E-state index contributed by atoms with van der Waals surface area (Å²) in [6.45, 7) is 17.3. The Labute approximate surface area is 419 Å². The van der Waals surface area contributed by atoms with E-state index in [4.69, 9.17) is 18.9 Å². The molecule has 12 heteroatoms. The van der Waals surface area contributed by atoms with E-state index in [1.807, 2.05) is 19.7 Å². The van der Waals surface area contributed by atoms with Gasteiger partial charge in [-0.25, -0.2) is 0 Å². The minimum atomic E-state index is -0.161. The topological polar surface area (TPSA) is 43.4 Å². The number of hydrogen-bond acceptors (Lipinski definition) is 10. The lowest BCUT2D eigenvalue weighted by atomic mass is 10.0. The van der Waals surface area contributed by atoms with E-state index in [-0.39, 0.29) is 19.4 Å². The first-order chi connectivity index (χ1) is 31.6. The van der Waals surface area contributed by atoms with E-state index in [1.54, 1.807) is 0 Å². The molecule has 382 valence electrons. The van der Waals surface area contributed by atoms with Gasteiger partial charge in [0.15, 0.2) is 0 Å². The molecule has 0 radical (unpaired) electrons. The van der Waals surface area contributed by atoms with Crippen molar-refractivity contribution in [3.8, 4) is 0 Å². The number of unbranched alkanes of at least 4 members (excludes halogenated alkanes) is 24. The van der Waals surface area contributed by atoms with Crippen LogP contribution in [-0.4, -0.2) is 105 Å². The molecule has 2 aliphatic heterocycles. The van der Waals surface area contributed by atoms with Crippen LogP contribution >= 0.6 is 41.2 Å². The second-order valence-corrected chi connectivity index (χ2v) is 31.7. The molecule has 0 aromatic heterocycles. The molecule has 0 amide bonds. The van der Waals surface area contributed by atoms with Gasteiger partial charge in [-0.05, 0) is 121 Å². The first kappa shape index (κ1) is 61.7. The minimum absolute atomic E-state index is 0.161. The number of nitrogens with zero attached hydrogens (tertiary/aromatic N) is 2. The van der Waals surface area contributed by atoms with Crippen molar-refractivity contribution in [3.05, 3.63) is 0 Å². The third-order valence-corrected chi connectivity index (χ3v) is 24.7. The summed E-state index contributed by atoms with van der Waals surface area (Å²) in [5.41, 5.74) is 1.77. The molecule has 4 unspecified atom stereocenters. The highest BCUT2D eigenvalue weighted by molar-refractivity contribution is 9.26. The lowest BCUT2D eigenvalue weighted by Gasteiger charge is -2.31. The SMILES string of the molecule is CCCCCCCCCCCCCCCOCOC1CCC(C)[SiH2]N(CCCSSSSCCCN2CCC(OCOCCCCCCCCCCCCCCC)CCC(C)[SiH2]2)CC1. The van der Waals surface area contributed by atoms with Gasteiger partial charge in [0.05, 0.1) is 31.6 Å². The molecule has 2 aliphatic rings. The summed E-state index contributed by atoms with van der Waals surface area (Å²) in [5.74, 6) is 2.52. The van der Waals surface area contributed by atoms with Gasteiger partial charge in [0.2, 0.25) is 0 Å². The quantitative estimate of drug-likeness (QED) is 0.0255. The molecule has 2 heterocycles. The van der Waals surface area contributed by atoms with Crippen LogP contribution < -0.4 is 0 Å². The van der Waals surface area contributed by atoms with E-state index in [0.717, 1.165) is 24.3 Å². The van der Waals surface area contributed by atoms with Crippen molar-refractivity contribution in [1.82, 2.24) is 9.13 Å². The van der Waals surface area contributed by atoms with Crippen LogP contribution in [0, 0.1) is 0 Å². The fourth-order valence-electron chi connectivity index (χ4n) is 9.52. The van der Waals surface area contributed by atoms with Gasteiger partial charge >= 0.3 is 0 Å². The molecular formula is C52H108N2O4S4Si2. The van der Waals surface area contributed by atoms with Gasteiger partial charge in [-0.1, -0.05) is 203 Å². The maximum Gasteiger partial charge on any atom is 0.147 e. The van der Waals surface area contributed by atoms with Crippen molar-refractivity contribution in [2.45, 2.75) is 269 Å². The van der Waals surface area contributed by atoms with Crippen LogP contribution in [0.5, 0.6) is 0 Å². The normalized spacial score (nSPS) is 21.4. The van der Waals surface area contributed by atoms with Crippen molar-refractivity contribution >= 4 is 60.6 Å². The Morgan fingerprint density at radius 1 is 0.406 bits per heavy atom. The largest absolute Gasteiger partial charge is 0.355 e. The minimum Gasteiger partial charge on any atom is -0.355 e. The summed E-state index contributed by atoms with van der Waals surface area (Å²) in [5, 5.41) is 0. The molecule has 0 aromatic carbocycles. The van der Waals surface area contributed by atoms with Crippen molar-refractivity contribution in [3.63, 3.8) is 0 Å². The van der Waals surface area contributed by atoms with Crippen molar-refractivity contribution in [2.24, 2.45) is 0 Å². The van der Waals surface area contributed by atoms with Gasteiger partial charge in [0.25, 0.3) is 0 Å². The van der Waals surface area contributed by atoms with Gasteiger partial charge in [0, 0.05) is 24.7 Å². The summed E-state index contributed by atoms with van der Waals surface area (Å²) < 4.78 is 30.1. The second kappa shape index (κ2) is 48.2. The van der Waals surface area contributed by atoms with Crippen LogP contribution in [-0.2, 0) is 18.9 Å². The van der Waals surface area contributed by atoms with E-state index in [1.165, 1.54) is 256 Å². The third-order valence-electron chi connectivity index (χ3n) is 13.7. The molecule has 2 fully saturated rings. The molecule has 64 heavy (non-hydrogen) atoms. The van der Waals surface area contributed by atoms with Gasteiger partial charge in [0.1, 0.15) is 13.6 Å². The second-order valence-electron chi connectivity index (χ2n) is 20.1. The maximum absolute atomic E-state index is 6.27. The van der Waals surface area contributed by atoms with Crippen LogP contribution in [0.3, 0.4) is 0 Å². The Kier molecular flexibility index (Phi) is 46.5. The van der Waals surface area contributed by atoms with E-state index in [2.05, 4.69) is 58.4 Å². The zero-order chi connectivity index (χ0) is 45.6. The summed E-state index contributed by atoms with van der Waals surface area (Å²) in [6.07, 6.45) is 47.0. The summed E-state index contributed by atoms with van der Waals surface area (Å²) >= 11 is 0. The lowest BCUT2D eigenvalue weighted by Crippen LogP contribution is -2.37. The summed E-state index contributed by atoms with van der Waals surface area (Å²) in [4.78, 5) is 0. The van der Waals surface area contributed by atoms with Crippen LogP contribution in [0.1, 0.15) is 246 Å². The molecule has 0 bridgehead atoms. The predicted octanol–water partition coefficient (Wildman–Crippen LogP) is 16.1. The van der Waals surface area contributed by atoms with E-state index < -0.39 is 0 Å². The Bertz CT molecular complexity index is 884. The number of rotatable bonds is 45. The van der Waals surface area contributed by atoms with Gasteiger partial charge < -0.3 is 28.1 Å². The van der Waals surface area contributed by atoms with Gasteiger partial charge in [-0.3, -0.25) is 0 Å².